The van der Waals surface area contributed by atoms with Crippen LogP contribution in [0.1, 0.15) is 50.0 Å². The predicted molar refractivity (Wildman–Crippen MR) is 96.6 cm³/mol. The summed E-state index contributed by atoms with van der Waals surface area (Å²) in [6.45, 7) is 0.585. The molecular formula is C20H27F3N2O2. The number of piperidine rings is 1. The summed E-state index contributed by atoms with van der Waals surface area (Å²) in [6.07, 6.45) is 2.23. The molecule has 1 aromatic rings. The van der Waals surface area contributed by atoms with Crippen molar-refractivity contribution >= 4 is 6.03 Å². The summed E-state index contributed by atoms with van der Waals surface area (Å²) < 4.78 is 46.2. The van der Waals surface area contributed by atoms with Crippen LogP contribution in [0, 0.1) is 0 Å². The summed E-state index contributed by atoms with van der Waals surface area (Å²) in [5, 5.41) is 2.47. The van der Waals surface area contributed by atoms with E-state index in [1.165, 1.54) is 25.0 Å². The zero-order valence-corrected chi connectivity index (χ0v) is 15.4. The first kappa shape index (κ1) is 20.0. The number of nitrogens with one attached hydrogen (secondary N) is 1. The van der Waals surface area contributed by atoms with Crippen LogP contribution in [0.4, 0.5) is 18.0 Å². The first-order valence-electron chi connectivity index (χ1n) is 9.73. The topological polar surface area (TPSA) is 41.6 Å². The van der Waals surface area contributed by atoms with Gasteiger partial charge in [0.15, 0.2) is 0 Å². The molecule has 150 valence electrons. The highest BCUT2D eigenvalue weighted by Gasteiger charge is 2.41. The fourth-order valence-corrected chi connectivity index (χ4v) is 3.90. The van der Waals surface area contributed by atoms with Crippen molar-refractivity contribution in [1.29, 1.82) is 0 Å². The average Bonchev–Trinajstić information content (AvgIpc) is 3.15. The monoisotopic (exact) mass is 384 g/mol. The van der Waals surface area contributed by atoms with Crippen LogP contribution >= 0.6 is 0 Å². The van der Waals surface area contributed by atoms with E-state index in [0.717, 1.165) is 25.7 Å². The lowest BCUT2D eigenvalue weighted by atomic mass is 9.98. The molecular weight excluding hydrogens is 357 g/mol. The SMILES string of the molecule is O=C(NCC(c1ccccc1)C(F)(F)F)N1CCC(OC2CCCC2)CC1. The van der Waals surface area contributed by atoms with E-state index in [1.807, 2.05) is 0 Å². The maximum absolute atomic E-state index is 13.4. The summed E-state index contributed by atoms with van der Waals surface area (Å²) in [6, 6.07) is 7.27. The van der Waals surface area contributed by atoms with Gasteiger partial charge in [0.05, 0.1) is 18.1 Å². The number of carbonyl (C=O) groups excluding carboxylic acids is 1. The zero-order chi connectivity index (χ0) is 19.3. The van der Waals surface area contributed by atoms with Crippen LogP contribution in [0.3, 0.4) is 0 Å². The van der Waals surface area contributed by atoms with Crippen molar-refractivity contribution in [3.8, 4) is 0 Å². The highest BCUT2D eigenvalue weighted by molar-refractivity contribution is 5.74. The molecule has 2 amide bonds. The van der Waals surface area contributed by atoms with Crippen molar-refractivity contribution in [2.75, 3.05) is 19.6 Å². The van der Waals surface area contributed by atoms with Gasteiger partial charge in [0, 0.05) is 19.6 Å². The lowest BCUT2D eigenvalue weighted by Gasteiger charge is -2.33. The molecule has 1 aliphatic heterocycles. The number of urea groups is 1. The van der Waals surface area contributed by atoms with E-state index in [9.17, 15) is 18.0 Å². The minimum atomic E-state index is -4.41. The van der Waals surface area contributed by atoms with Crippen molar-refractivity contribution in [3.63, 3.8) is 0 Å². The summed E-state index contributed by atoms with van der Waals surface area (Å²) in [5.74, 6) is -1.70. The number of hydrogen-bond donors (Lipinski definition) is 1. The largest absolute Gasteiger partial charge is 0.397 e. The van der Waals surface area contributed by atoms with Crippen LogP contribution < -0.4 is 5.32 Å². The molecule has 1 aliphatic carbocycles. The van der Waals surface area contributed by atoms with Crippen LogP contribution in [0.25, 0.3) is 0 Å². The van der Waals surface area contributed by atoms with E-state index in [1.54, 1.807) is 23.1 Å². The first-order chi connectivity index (χ1) is 12.9. The Labute approximate surface area is 158 Å². The molecule has 1 unspecified atom stereocenters. The third-order valence-electron chi connectivity index (χ3n) is 5.47. The Morgan fingerprint density at radius 1 is 1.07 bits per heavy atom. The highest BCUT2D eigenvalue weighted by Crippen LogP contribution is 2.34. The number of hydrogen-bond acceptors (Lipinski definition) is 2. The van der Waals surface area contributed by atoms with Gasteiger partial charge in [0.1, 0.15) is 0 Å². The Morgan fingerprint density at radius 3 is 2.26 bits per heavy atom. The lowest BCUT2D eigenvalue weighted by molar-refractivity contribution is -0.149. The number of ether oxygens (including phenoxy) is 1. The molecule has 1 heterocycles. The molecule has 27 heavy (non-hydrogen) atoms. The molecule has 0 aromatic heterocycles. The third kappa shape index (κ3) is 5.61. The number of likely N-dealkylation sites (tertiary alicyclic amines) is 1. The molecule has 1 N–H and O–H groups in total. The van der Waals surface area contributed by atoms with Crippen LogP contribution in [0.2, 0.25) is 0 Å². The van der Waals surface area contributed by atoms with Gasteiger partial charge in [-0.3, -0.25) is 0 Å². The van der Waals surface area contributed by atoms with E-state index in [-0.39, 0.29) is 11.7 Å². The van der Waals surface area contributed by atoms with Crippen LogP contribution in [-0.2, 0) is 4.74 Å². The fraction of sp³-hybridized carbons (Fsp3) is 0.650. The second-order valence-corrected chi connectivity index (χ2v) is 7.42. The quantitative estimate of drug-likeness (QED) is 0.814. The molecule has 0 radical (unpaired) electrons. The van der Waals surface area contributed by atoms with Gasteiger partial charge in [0.25, 0.3) is 0 Å². The zero-order valence-electron chi connectivity index (χ0n) is 15.4. The molecule has 1 atom stereocenters. The Kier molecular flexibility index (Phi) is 6.63. The number of alkyl halides is 3. The summed E-state index contributed by atoms with van der Waals surface area (Å²) in [7, 11) is 0. The van der Waals surface area contributed by atoms with Crippen LogP contribution in [-0.4, -0.2) is 48.9 Å². The van der Waals surface area contributed by atoms with Crippen molar-refractivity contribution in [1.82, 2.24) is 10.2 Å². The fourth-order valence-electron chi connectivity index (χ4n) is 3.90. The first-order valence-corrected chi connectivity index (χ1v) is 9.73. The normalized spacial score (nSPS) is 20.6. The highest BCUT2D eigenvalue weighted by atomic mass is 19.4. The molecule has 2 aliphatic rings. The number of benzene rings is 1. The van der Waals surface area contributed by atoms with Gasteiger partial charge in [-0.15, -0.1) is 0 Å². The van der Waals surface area contributed by atoms with Gasteiger partial charge >= 0.3 is 12.2 Å². The van der Waals surface area contributed by atoms with Gasteiger partial charge in [-0.2, -0.15) is 13.2 Å². The molecule has 4 nitrogen and oxygen atoms in total. The van der Waals surface area contributed by atoms with E-state index in [2.05, 4.69) is 5.32 Å². The molecule has 3 rings (SSSR count). The predicted octanol–water partition coefficient (Wildman–Crippen LogP) is 4.47. The van der Waals surface area contributed by atoms with Crippen molar-refractivity contribution < 1.29 is 22.7 Å². The molecule has 0 spiro atoms. The van der Waals surface area contributed by atoms with E-state index >= 15 is 0 Å². The number of carbonyl (C=O) groups is 1. The van der Waals surface area contributed by atoms with Crippen molar-refractivity contribution in [3.05, 3.63) is 35.9 Å². The smallest absolute Gasteiger partial charge is 0.375 e. The summed E-state index contributed by atoms with van der Waals surface area (Å²) in [4.78, 5) is 13.9. The number of nitrogens with zero attached hydrogens (tertiary/aromatic N) is 1. The Morgan fingerprint density at radius 2 is 1.67 bits per heavy atom. The summed E-state index contributed by atoms with van der Waals surface area (Å²) >= 11 is 0. The Bertz CT molecular complexity index is 595. The molecule has 1 saturated heterocycles. The Hall–Kier alpha value is -1.76. The molecule has 2 fully saturated rings. The minimum Gasteiger partial charge on any atom is -0.375 e. The average molecular weight is 384 g/mol. The van der Waals surface area contributed by atoms with Gasteiger partial charge in [0.2, 0.25) is 0 Å². The Balaban J connectivity index is 1.47. The second-order valence-electron chi connectivity index (χ2n) is 7.42. The number of rotatable bonds is 5. The van der Waals surface area contributed by atoms with E-state index in [4.69, 9.17) is 4.74 Å². The molecule has 0 bridgehead atoms. The molecule has 1 saturated carbocycles. The lowest BCUT2D eigenvalue weighted by Crippen LogP contribution is -2.48. The van der Waals surface area contributed by atoms with Crippen molar-refractivity contribution in [2.24, 2.45) is 0 Å². The van der Waals surface area contributed by atoms with Crippen LogP contribution in [0.5, 0.6) is 0 Å². The third-order valence-corrected chi connectivity index (χ3v) is 5.47. The number of halogens is 3. The van der Waals surface area contributed by atoms with E-state index < -0.39 is 24.7 Å². The van der Waals surface area contributed by atoms with Gasteiger partial charge in [-0.1, -0.05) is 43.2 Å². The van der Waals surface area contributed by atoms with Gasteiger partial charge < -0.3 is 15.0 Å². The maximum atomic E-state index is 13.4. The van der Waals surface area contributed by atoms with Gasteiger partial charge in [-0.05, 0) is 31.2 Å². The van der Waals surface area contributed by atoms with E-state index in [0.29, 0.717) is 19.2 Å². The molecule has 1 aromatic carbocycles. The standard InChI is InChI=1S/C20H27F3N2O2/c21-20(22,23)18(15-6-2-1-3-7-15)14-24-19(26)25-12-10-17(11-13-25)27-16-8-4-5-9-16/h1-3,6-7,16-18H,4-5,8-14H2,(H,24,26). The van der Waals surface area contributed by atoms with Crippen LogP contribution in [0.15, 0.2) is 30.3 Å². The van der Waals surface area contributed by atoms with Crippen molar-refractivity contribution in [2.45, 2.75) is 62.8 Å². The minimum absolute atomic E-state index is 0.157. The molecule has 7 heteroatoms. The van der Waals surface area contributed by atoms with Gasteiger partial charge in [-0.25, -0.2) is 4.79 Å². The second kappa shape index (κ2) is 8.95. The maximum Gasteiger partial charge on any atom is 0.397 e. The summed E-state index contributed by atoms with van der Waals surface area (Å²) in [5.41, 5.74) is 0.161. The number of amides is 2.